The Hall–Kier alpha value is -1.56. The monoisotopic (exact) mass is 344 g/mol. The van der Waals surface area contributed by atoms with E-state index < -0.39 is 15.4 Å². The highest BCUT2D eigenvalue weighted by Crippen LogP contribution is 2.29. The van der Waals surface area contributed by atoms with Crippen molar-refractivity contribution in [3.05, 3.63) is 58.6 Å². The van der Waals surface area contributed by atoms with Gasteiger partial charge in [0, 0.05) is 5.56 Å². The number of halogens is 2. The Bertz CT molecular complexity index is 783. The van der Waals surface area contributed by atoms with Crippen LogP contribution in [0.2, 0.25) is 5.02 Å². The van der Waals surface area contributed by atoms with Crippen molar-refractivity contribution < 1.29 is 17.4 Å². The molecule has 0 spiro atoms. The van der Waals surface area contributed by atoms with Gasteiger partial charge in [0.05, 0.1) is 5.02 Å². The Labute approximate surface area is 132 Å². The zero-order valence-corrected chi connectivity index (χ0v) is 13.2. The van der Waals surface area contributed by atoms with E-state index in [9.17, 15) is 13.2 Å². The first kappa shape index (κ1) is 15.8. The van der Waals surface area contributed by atoms with Crippen LogP contribution in [0.3, 0.4) is 0 Å². The van der Waals surface area contributed by atoms with Gasteiger partial charge in [-0.15, -0.1) is 0 Å². The number of hydrogen-bond acceptors (Lipinski definition) is 4. The fraction of sp³-hybridized carbons (Fsp3) is 0.0714. The minimum absolute atomic E-state index is 0.0154. The lowest BCUT2D eigenvalue weighted by Crippen LogP contribution is -2.10. The van der Waals surface area contributed by atoms with Crippen molar-refractivity contribution in [3.63, 3.8) is 0 Å². The number of carbonyl (C=O) groups is 1. The number of carbonyl (C=O) groups excluding carboxylic acids is 1. The fourth-order valence-corrected chi connectivity index (χ4v) is 2.89. The Kier molecular flexibility index (Phi) is 4.56. The molecule has 110 valence electrons. The SMILES string of the molecule is Cc1ccc(S(=O)(=O)Oc2ccc(C(=O)Cl)cc2Cl)cc1. The topological polar surface area (TPSA) is 60.4 Å². The third kappa shape index (κ3) is 3.75. The molecule has 2 aromatic rings. The van der Waals surface area contributed by atoms with Gasteiger partial charge in [-0.3, -0.25) is 4.79 Å². The minimum atomic E-state index is -3.99. The third-order valence-corrected chi connectivity index (χ3v) is 4.43. The van der Waals surface area contributed by atoms with Crippen LogP contribution in [0.15, 0.2) is 47.4 Å². The van der Waals surface area contributed by atoms with Gasteiger partial charge in [0.2, 0.25) is 0 Å². The molecule has 2 aromatic carbocycles. The van der Waals surface area contributed by atoms with Crippen molar-refractivity contribution in [2.75, 3.05) is 0 Å². The van der Waals surface area contributed by atoms with Crippen LogP contribution >= 0.6 is 23.2 Å². The summed E-state index contributed by atoms with van der Waals surface area (Å²) in [5.41, 5.74) is 1.08. The van der Waals surface area contributed by atoms with Gasteiger partial charge in [-0.1, -0.05) is 29.3 Å². The molecule has 0 aromatic heterocycles. The first-order valence-corrected chi connectivity index (χ1v) is 7.96. The molecule has 4 nitrogen and oxygen atoms in total. The number of benzene rings is 2. The second kappa shape index (κ2) is 6.05. The van der Waals surface area contributed by atoms with Crippen LogP contribution in [0.4, 0.5) is 0 Å². The maximum Gasteiger partial charge on any atom is 0.339 e. The lowest BCUT2D eigenvalue weighted by Gasteiger charge is -2.09. The summed E-state index contributed by atoms with van der Waals surface area (Å²) in [6.45, 7) is 1.84. The van der Waals surface area contributed by atoms with E-state index in [2.05, 4.69) is 0 Å². The van der Waals surface area contributed by atoms with Crippen LogP contribution < -0.4 is 4.18 Å². The average Bonchev–Trinajstić information content (AvgIpc) is 2.41. The van der Waals surface area contributed by atoms with Gasteiger partial charge in [0.15, 0.2) is 5.75 Å². The Morgan fingerprint density at radius 1 is 1.10 bits per heavy atom. The standard InChI is InChI=1S/C14H10Cl2O4S/c1-9-2-5-11(6-3-9)21(18,19)20-13-7-4-10(14(16)17)8-12(13)15/h2-8H,1H3. The van der Waals surface area contributed by atoms with Crippen molar-refractivity contribution in [3.8, 4) is 5.75 Å². The third-order valence-electron chi connectivity index (χ3n) is 2.67. The average molecular weight is 345 g/mol. The van der Waals surface area contributed by atoms with Crippen LogP contribution in [-0.2, 0) is 10.1 Å². The van der Waals surface area contributed by atoms with Crippen molar-refractivity contribution in [1.29, 1.82) is 0 Å². The lowest BCUT2D eigenvalue weighted by atomic mass is 10.2. The molecule has 0 atom stereocenters. The molecule has 0 saturated heterocycles. The van der Waals surface area contributed by atoms with Gasteiger partial charge in [-0.2, -0.15) is 8.42 Å². The molecule has 0 N–H and O–H groups in total. The van der Waals surface area contributed by atoms with E-state index in [1.54, 1.807) is 12.1 Å². The molecule has 0 fully saturated rings. The van der Waals surface area contributed by atoms with Crippen LogP contribution in [0.5, 0.6) is 5.75 Å². The maximum absolute atomic E-state index is 12.1. The molecule has 0 heterocycles. The summed E-state index contributed by atoms with van der Waals surface area (Å²) >= 11 is 11.2. The summed E-state index contributed by atoms with van der Waals surface area (Å²) in [5.74, 6) is -0.0705. The summed E-state index contributed by atoms with van der Waals surface area (Å²) in [7, 11) is -3.99. The Morgan fingerprint density at radius 3 is 2.24 bits per heavy atom. The fourth-order valence-electron chi connectivity index (χ4n) is 1.56. The van der Waals surface area contributed by atoms with E-state index >= 15 is 0 Å². The molecule has 21 heavy (non-hydrogen) atoms. The zero-order valence-electron chi connectivity index (χ0n) is 10.8. The van der Waals surface area contributed by atoms with E-state index in [0.717, 1.165) is 5.56 Å². The van der Waals surface area contributed by atoms with E-state index in [4.69, 9.17) is 27.4 Å². The highest BCUT2D eigenvalue weighted by Gasteiger charge is 2.18. The summed E-state index contributed by atoms with van der Waals surface area (Å²) in [6, 6.07) is 10.1. The molecule has 7 heteroatoms. The molecule has 0 unspecified atom stereocenters. The van der Waals surface area contributed by atoms with Gasteiger partial charge in [-0.05, 0) is 48.9 Å². The van der Waals surface area contributed by atoms with E-state index in [0.29, 0.717) is 0 Å². The molecule has 0 radical (unpaired) electrons. The second-order valence-corrected chi connectivity index (χ2v) is 6.57. The minimum Gasteiger partial charge on any atom is -0.377 e. The number of rotatable bonds is 4. The molecule has 0 aliphatic rings. The van der Waals surface area contributed by atoms with E-state index in [-0.39, 0.29) is 21.2 Å². The molecular weight excluding hydrogens is 335 g/mol. The van der Waals surface area contributed by atoms with Crippen molar-refractivity contribution in [2.45, 2.75) is 11.8 Å². The highest BCUT2D eigenvalue weighted by molar-refractivity contribution is 7.87. The van der Waals surface area contributed by atoms with Crippen molar-refractivity contribution in [1.82, 2.24) is 0 Å². The van der Waals surface area contributed by atoms with Crippen LogP contribution in [0.25, 0.3) is 0 Å². The first-order valence-electron chi connectivity index (χ1n) is 5.80. The summed E-state index contributed by atoms with van der Waals surface area (Å²) < 4.78 is 29.2. The first-order chi connectivity index (χ1) is 9.79. The molecule has 0 bridgehead atoms. The molecule has 0 aliphatic carbocycles. The molecule has 0 amide bonds. The van der Waals surface area contributed by atoms with Crippen LogP contribution in [0, 0.1) is 6.92 Å². The molecular formula is C14H10Cl2O4S. The Balaban J connectivity index is 2.32. The molecule has 2 rings (SSSR count). The van der Waals surface area contributed by atoms with Gasteiger partial charge in [-0.25, -0.2) is 0 Å². The highest BCUT2D eigenvalue weighted by atomic mass is 35.5. The van der Waals surface area contributed by atoms with Crippen LogP contribution in [0.1, 0.15) is 15.9 Å². The van der Waals surface area contributed by atoms with Crippen molar-refractivity contribution in [2.24, 2.45) is 0 Å². The predicted molar refractivity (Wildman–Crippen MR) is 80.6 cm³/mol. The summed E-state index contributed by atoms with van der Waals surface area (Å²) in [4.78, 5) is 11.0. The van der Waals surface area contributed by atoms with Gasteiger partial charge < -0.3 is 4.18 Å². The van der Waals surface area contributed by atoms with Crippen molar-refractivity contribution >= 4 is 38.6 Å². The summed E-state index contributed by atoms with van der Waals surface area (Å²) in [6.07, 6.45) is 0. The second-order valence-electron chi connectivity index (χ2n) is 4.27. The van der Waals surface area contributed by atoms with E-state index in [1.165, 1.54) is 30.3 Å². The molecule has 0 aliphatic heterocycles. The zero-order chi connectivity index (χ0) is 15.6. The maximum atomic E-state index is 12.1. The van der Waals surface area contributed by atoms with E-state index in [1.807, 2.05) is 6.92 Å². The lowest BCUT2D eigenvalue weighted by molar-refractivity contribution is 0.108. The summed E-state index contributed by atoms with van der Waals surface area (Å²) in [5, 5.41) is -0.706. The van der Waals surface area contributed by atoms with Gasteiger partial charge in [0.25, 0.3) is 5.24 Å². The number of hydrogen-bond donors (Lipinski definition) is 0. The smallest absolute Gasteiger partial charge is 0.339 e. The Morgan fingerprint density at radius 2 is 1.71 bits per heavy atom. The van der Waals surface area contributed by atoms with Crippen LogP contribution in [-0.4, -0.2) is 13.7 Å². The number of aryl methyl sites for hydroxylation is 1. The normalized spacial score (nSPS) is 11.2. The largest absolute Gasteiger partial charge is 0.377 e. The van der Waals surface area contributed by atoms with Gasteiger partial charge >= 0.3 is 10.1 Å². The molecule has 0 saturated carbocycles. The quantitative estimate of drug-likeness (QED) is 0.625. The van der Waals surface area contributed by atoms with Gasteiger partial charge in [0.1, 0.15) is 4.90 Å². The predicted octanol–water partition coefficient (Wildman–Crippen LogP) is 3.80.